The molecule has 2 fully saturated rings. The Labute approximate surface area is 155 Å². The van der Waals surface area contributed by atoms with Crippen molar-refractivity contribution in [2.24, 2.45) is 5.41 Å². The van der Waals surface area contributed by atoms with Gasteiger partial charge in [0.25, 0.3) is 5.91 Å². The van der Waals surface area contributed by atoms with Crippen LogP contribution in [-0.2, 0) is 11.2 Å². The summed E-state index contributed by atoms with van der Waals surface area (Å²) in [5.74, 6) is 0.285. The van der Waals surface area contributed by atoms with Gasteiger partial charge in [-0.05, 0) is 49.7 Å². The van der Waals surface area contributed by atoms with Crippen LogP contribution in [0, 0.1) is 5.41 Å². The average molecular weight is 359 g/mol. The van der Waals surface area contributed by atoms with E-state index in [0.717, 1.165) is 56.6 Å². The van der Waals surface area contributed by atoms with E-state index in [-0.39, 0.29) is 23.8 Å². The summed E-state index contributed by atoms with van der Waals surface area (Å²) in [5.41, 5.74) is 1.79. The molecule has 26 heavy (non-hydrogen) atoms. The number of amides is 2. The highest BCUT2D eigenvalue weighted by Crippen LogP contribution is 2.40. The van der Waals surface area contributed by atoms with E-state index in [1.807, 2.05) is 22.8 Å². The van der Waals surface area contributed by atoms with E-state index in [2.05, 4.69) is 4.98 Å². The number of piperidine rings is 2. The maximum atomic E-state index is 12.8. The molecule has 1 N–H and O–H groups in total. The Bertz CT molecular complexity index is 653. The minimum absolute atomic E-state index is 0.0842. The summed E-state index contributed by atoms with van der Waals surface area (Å²) in [6.45, 7) is 5.04. The summed E-state index contributed by atoms with van der Waals surface area (Å²) in [6.07, 6.45) is 6.54. The van der Waals surface area contributed by atoms with Crippen LogP contribution in [0.1, 0.15) is 55.1 Å². The Hall–Kier alpha value is -1.95. The van der Waals surface area contributed by atoms with Crippen LogP contribution >= 0.6 is 0 Å². The molecule has 0 aliphatic carbocycles. The molecule has 142 valence electrons. The summed E-state index contributed by atoms with van der Waals surface area (Å²) >= 11 is 0. The lowest BCUT2D eigenvalue weighted by Gasteiger charge is -2.47. The molecule has 1 aromatic heterocycles. The quantitative estimate of drug-likeness (QED) is 0.871. The van der Waals surface area contributed by atoms with Crippen LogP contribution in [0.4, 0.5) is 0 Å². The van der Waals surface area contributed by atoms with Gasteiger partial charge < -0.3 is 14.9 Å². The average Bonchev–Trinajstić information content (AvgIpc) is 2.69. The Morgan fingerprint density at radius 1 is 1.31 bits per heavy atom. The van der Waals surface area contributed by atoms with E-state index >= 15 is 0 Å². The molecule has 2 amide bonds. The molecule has 2 saturated heterocycles. The summed E-state index contributed by atoms with van der Waals surface area (Å²) in [5, 5.41) is 9.04. The van der Waals surface area contributed by atoms with Gasteiger partial charge in [-0.2, -0.15) is 0 Å². The number of hydrogen-bond acceptors (Lipinski definition) is 4. The predicted molar refractivity (Wildman–Crippen MR) is 98.7 cm³/mol. The summed E-state index contributed by atoms with van der Waals surface area (Å²) in [7, 11) is 0. The fourth-order valence-corrected chi connectivity index (χ4v) is 4.15. The monoisotopic (exact) mass is 359 g/mol. The Balaban J connectivity index is 1.61. The van der Waals surface area contributed by atoms with Crippen LogP contribution < -0.4 is 0 Å². The zero-order valence-electron chi connectivity index (χ0n) is 15.6. The third kappa shape index (κ3) is 4.06. The second-order valence-electron chi connectivity index (χ2n) is 7.57. The molecule has 2 aliphatic heterocycles. The predicted octanol–water partition coefficient (Wildman–Crippen LogP) is 1.87. The van der Waals surface area contributed by atoms with Crippen molar-refractivity contribution in [2.45, 2.75) is 45.4 Å². The molecule has 1 aromatic rings. The molecule has 0 bridgehead atoms. The number of rotatable bonds is 5. The van der Waals surface area contributed by atoms with E-state index in [9.17, 15) is 9.59 Å². The van der Waals surface area contributed by atoms with E-state index in [4.69, 9.17) is 5.11 Å². The van der Waals surface area contributed by atoms with Gasteiger partial charge in [0.15, 0.2) is 0 Å². The first-order valence-corrected chi connectivity index (χ1v) is 9.70. The van der Waals surface area contributed by atoms with Crippen molar-refractivity contribution in [3.05, 3.63) is 29.6 Å². The van der Waals surface area contributed by atoms with Gasteiger partial charge in [0, 0.05) is 56.7 Å². The van der Waals surface area contributed by atoms with Gasteiger partial charge in [-0.25, -0.2) is 0 Å². The first-order valence-electron chi connectivity index (χ1n) is 9.70. The first kappa shape index (κ1) is 18.8. The lowest BCUT2D eigenvalue weighted by atomic mass is 9.72. The maximum Gasteiger partial charge on any atom is 0.253 e. The third-order valence-corrected chi connectivity index (χ3v) is 5.87. The molecule has 3 heterocycles. The van der Waals surface area contributed by atoms with Crippen LogP contribution in [0.15, 0.2) is 18.3 Å². The molecular weight excluding hydrogens is 330 g/mol. The topological polar surface area (TPSA) is 73.7 Å². The van der Waals surface area contributed by atoms with Gasteiger partial charge in [-0.3, -0.25) is 14.6 Å². The molecule has 0 aromatic carbocycles. The standard InChI is InChI=1S/C20H29N3O3/c1-2-17-14-16(5-9-21-17)19(26)22-11-7-20(8-12-22)6-4-18(25)23(15-20)10-3-13-24/h5,9,14,24H,2-4,6-8,10-13,15H2,1H3. The fraction of sp³-hybridized carbons (Fsp3) is 0.650. The summed E-state index contributed by atoms with van der Waals surface area (Å²) < 4.78 is 0. The number of carbonyl (C=O) groups is 2. The van der Waals surface area contributed by atoms with Gasteiger partial charge in [-0.15, -0.1) is 0 Å². The Morgan fingerprint density at radius 2 is 2.08 bits per heavy atom. The number of carbonyl (C=O) groups excluding carboxylic acids is 2. The second kappa shape index (κ2) is 8.16. The van der Waals surface area contributed by atoms with Gasteiger partial charge in [0.05, 0.1) is 0 Å². The summed E-state index contributed by atoms with van der Waals surface area (Å²) in [4.78, 5) is 33.0. The minimum atomic E-state index is 0.0842. The zero-order valence-corrected chi connectivity index (χ0v) is 15.6. The van der Waals surface area contributed by atoms with Crippen LogP contribution in [0.5, 0.6) is 0 Å². The number of hydrogen-bond donors (Lipinski definition) is 1. The first-order chi connectivity index (χ1) is 12.6. The maximum absolute atomic E-state index is 12.8. The van der Waals surface area contributed by atoms with E-state index in [1.165, 1.54) is 0 Å². The number of aliphatic hydroxyl groups excluding tert-OH is 1. The molecule has 0 atom stereocenters. The van der Waals surface area contributed by atoms with Crippen molar-refractivity contribution in [1.29, 1.82) is 0 Å². The van der Waals surface area contributed by atoms with E-state index < -0.39 is 0 Å². The van der Waals surface area contributed by atoms with Crippen molar-refractivity contribution in [1.82, 2.24) is 14.8 Å². The third-order valence-electron chi connectivity index (χ3n) is 5.87. The van der Waals surface area contributed by atoms with Gasteiger partial charge >= 0.3 is 0 Å². The molecular formula is C20H29N3O3. The largest absolute Gasteiger partial charge is 0.396 e. The SMILES string of the molecule is CCc1cc(C(=O)N2CCC3(CCC(=O)N(CCCO)C3)CC2)ccn1. The molecule has 0 radical (unpaired) electrons. The fourth-order valence-electron chi connectivity index (χ4n) is 4.15. The van der Waals surface area contributed by atoms with Crippen molar-refractivity contribution in [3.63, 3.8) is 0 Å². The minimum Gasteiger partial charge on any atom is -0.396 e. The Morgan fingerprint density at radius 3 is 2.77 bits per heavy atom. The molecule has 2 aliphatic rings. The Kier molecular flexibility index (Phi) is 5.91. The number of nitrogens with zero attached hydrogens (tertiary/aromatic N) is 3. The van der Waals surface area contributed by atoms with Crippen molar-refractivity contribution >= 4 is 11.8 Å². The highest BCUT2D eigenvalue weighted by Gasteiger charge is 2.41. The highest BCUT2D eigenvalue weighted by atomic mass is 16.3. The van der Waals surface area contributed by atoms with Crippen molar-refractivity contribution < 1.29 is 14.7 Å². The number of pyridine rings is 1. The van der Waals surface area contributed by atoms with Crippen LogP contribution in [-0.4, -0.2) is 64.5 Å². The molecule has 0 unspecified atom stereocenters. The number of likely N-dealkylation sites (tertiary alicyclic amines) is 2. The van der Waals surface area contributed by atoms with E-state index in [0.29, 0.717) is 19.4 Å². The lowest BCUT2D eigenvalue weighted by Crippen LogP contribution is -2.52. The van der Waals surface area contributed by atoms with Gasteiger partial charge in [-0.1, -0.05) is 6.92 Å². The normalized spacial score (nSPS) is 19.8. The number of aliphatic hydroxyl groups is 1. The molecule has 1 spiro atoms. The second-order valence-corrected chi connectivity index (χ2v) is 7.57. The van der Waals surface area contributed by atoms with Gasteiger partial charge in [0.1, 0.15) is 0 Å². The number of aromatic nitrogens is 1. The highest BCUT2D eigenvalue weighted by molar-refractivity contribution is 5.94. The molecule has 6 nitrogen and oxygen atoms in total. The van der Waals surface area contributed by atoms with Gasteiger partial charge in [0.2, 0.25) is 5.91 Å². The van der Waals surface area contributed by atoms with Crippen molar-refractivity contribution in [2.75, 3.05) is 32.8 Å². The summed E-state index contributed by atoms with van der Waals surface area (Å²) in [6, 6.07) is 3.68. The molecule has 6 heteroatoms. The number of aryl methyl sites for hydroxylation is 1. The zero-order chi connectivity index (χ0) is 18.6. The smallest absolute Gasteiger partial charge is 0.253 e. The van der Waals surface area contributed by atoms with Crippen LogP contribution in [0.3, 0.4) is 0 Å². The van der Waals surface area contributed by atoms with Crippen LogP contribution in [0.25, 0.3) is 0 Å². The lowest BCUT2D eigenvalue weighted by molar-refractivity contribution is -0.139. The van der Waals surface area contributed by atoms with Crippen LogP contribution in [0.2, 0.25) is 0 Å². The van der Waals surface area contributed by atoms with E-state index in [1.54, 1.807) is 12.3 Å². The van der Waals surface area contributed by atoms with Crippen molar-refractivity contribution in [3.8, 4) is 0 Å². The molecule has 3 rings (SSSR count). The molecule has 0 saturated carbocycles.